The normalized spacial score (nSPS) is 10.1. The van der Waals surface area contributed by atoms with Gasteiger partial charge in [-0.15, -0.1) is 5.10 Å². The first kappa shape index (κ1) is 14.6. The number of methoxy groups -OCH3 is 3. The van der Waals surface area contributed by atoms with Crippen LogP contribution in [-0.4, -0.2) is 42.4 Å². The molecule has 8 nitrogen and oxygen atoms in total. The van der Waals surface area contributed by atoms with Crippen molar-refractivity contribution in [2.75, 3.05) is 26.6 Å². The van der Waals surface area contributed by atoms with E-state index in [1.807, 2.05) is 0 Å². The Morgan fingerprint density at radius 1 is 1.14 bits per heavy atom. The van der Waals surface area contributed by atoms with Crippen molar-refractivity contribution >= 4 is 11.6 Å². The molecule has 2 aromatic rings. The van der Waals surface area contributed by atoms with Gasteiger partial charge in [-0.05, 0) is 6.92 Å². The maximum atomic E-state index is 12.0. The second-order valence-electron chi connectivity index (χ2n) is 4.11. The molecule has 0 unspecified atom stereocenters. The molecular weight excluding hydrogens is 276 g/mol. The molecule has 0 saturated carbocycles. The molecule has 0 bridgehead atoms. The zero-order valence-electron chi connectivity index (χ0n) is 12.2. The Hall–Kier alpha value is -2.77. The fourth-order valence-corrected chi connectivity index (χ4v) is 1.78. The topological polar surface area (TPSA) is 98.4 Å². The zero-order valence-corrected chi connectivity index (χ0v) is 12.2. The van der Waals surface area contributed by atoms with Gasteiger partial charge in [-0.1, -0.05) is 0 Å². The van der Waals surface area contributed by atoms with Gasteiger partial charge in [0, 0.05) is 17.8 Å². The van der Waals surface area contributed by atoms with Crippen molar-refractivity contribution in [3.63, 3.8) is 0 Å². The van der Waals surface area contributed by atoms with Crippen LogP contribution in [-0.2, 0) is 0 Å². The number of amides is 1. The summed E-state index contributed by atoms with van der Waals surface area (Å²) in [6.45, 7) is 1.71. The van der Waals surface area contributed by atoms with E-state index in [9.17, 15) is 4.79 Å². The summed E-state index contributed by atoms with van der Waals surface area (Å²) in [7, 11) is 4.51. The lowest BCUT2D eigenvalue weighted by Gasteiger charge is -2.14. The van der Waals surface area contributed by atoms with Gasteiger partial charge in [0.2, 0.25) is 11.6 Å². The van der Waals surface area contributed by atoms with Crippen molar-refractivity contribution in [2.24, 2.45) is 0 Å². The molecule has 21 heavy (non-hydrogen) atoms. The minimum atomic E-state index is -0.436. The van der Waals surface area contributed by atoms with Gasteiger partial charge in [0.05, 0.1) is 21.3 Å². The minimum absolute atomic E-state index is 0.0567. The van der Waals surface area contributed by atoms with Crippen LogP contribution in [0.3, 0.4) is 0 Å². The molecule has 0 aliphatic carbocycles. The minimum Gasteiger partial charge on any atom is -0.493 e. The van der Waals surface area contributed by atoms with E-state index in [1.54, 1.807) is 19.1 Å². The molecule has 2 N–H and O–H groups in total. The standard InChI is InChI=1S/C13H16N4O4/c1-7-14-12(17-16-7)13(18)15-8-5-9(19-2)11(21-4)10(6-8)20-3/h5-6H,1-4H3,(H,15,18)(H,14,16,17). The number of aromatic amines is 1. The number of anilines is 1. The van der Waals surface area contributed by atoms with Crippen LogP contribution in [0.5, 0.6) is 17.2 Å². The van der Waals surface area contributed by atoms with Crippen LogP contribution < -0.4 is 19.5 Å². The third kappa shape index (κ3) is 3.04. The Bertz CT molecular complexity index is 628. The van der Waals surface area contributed by atoms with Crippen LogP contribution in [0, 0.1) is 6.92 Å². The van der Waals surface area contributed by atoms with Crippen molar-refractivity contribution in [3.05, 3.63) is 23.8 Å². The summed E-state index contributed by atoms with van der Waals surface area (Å²) in [5, 5.41) is 9.08. The van der Waals surface area contributed by atoms with Crippen molar-refractivity contribution in [3.8, 4) is 17.2 Å². The average Bonchev–Trinajstić information content (AvgIpc) is 2.92. The number of aromatic nitrogens is 3. The van der Waals surface area contributed by atoms with Gasteiger partial charge in [0.15, 0.2) is 11.5 Å². The summed E-state index contributed by atoms with van der Waals surface area (Å²) in [6.07, 6.45) is 0. The van der Waals surface area contributed by atoms with Crippen LogP contribution in [0.25, 0.3) is 0 Å². The summed E-state index contributed by atoms with van der Waals surface area (Å²) < 4.78 is 15.6. The van der Waals surface area contributed by atoms with Crippen LogP contribution in [0.2, 0.25) is 0 Å². The third-order valence-electron chi connectivity index (χ3n) is 2.72. The molecule has 0 atom stereocenters. The number of H-pyrrole nitrogens is 1. The highest BCUT2D eigenvalue weighted by atomic mass is 16.5. The summed E-state index contributed by atoms with van der Waals surface area (Å²) in [5.74, 6) is 1.52. The number of aryl methyl sites for hydroxylation is 1. The predicted octanol–water partition coefficient (Wildman–Crippen LogP) is 1.39. The van der Waals surface area contributed by atoms with Crippen LogP contribution in [0.15, 0.2) is 12.1 Å². The number of hydrogen-bond donors (Lipinski definition) is 2. The van der Waals surface area contributed by atoms with Gasteiger partial charge < -0.3 is 19.5 Å². The number of nitrogens with one attached hydrogen (secondary N) is 2. The molecule has 0 fully saturated rings. The molecule has 0 saturated heterocycles. The second kappa shape index (κ2) is 6.12. The number of benzene rings is 1. The Kier molecular flexibility index (Phi) is 4.27. The number of rotatable bonds is 5. The van der Waals surface area contributed by atoms with Crippen molar-refractivity contribution in [1.82, 2.24) is 15.2 Å². The molecule has 2 rings (SSSR count). The van der Waals surface area contributed by atoms with E-state index < -0.39 is 5.91 Å². The molecular formula is C13H16N4O4. The highest BCUT2D eigenvalue weighted by molar-refractivity contribution is 6.01. The lowest BCUT2D eigenvalue weighted by atomic mass is 10.2. The SMILES string of the molecule is COc1cc(NC(=O)c2n[nH]c(C)n2)cc(OC)c1OC. The molecule has 8 heteroatoms. The molecule has 0 spiro atoms. The highest BCUT2D eigenvalue weighted by Gasteiger charge is 2.16. The number of carbonyl (C=O) groups is 1. The summed E-state index contributed by atoms with van der Waals surface area (Å²) in [4.78, 5) is 16.0. The Morgan fingerprint density at radius 3 is 2.19 bits per heavy atom. The molecule has 1 heterocycles. The van der Waals surface area contributed by atoms with Gasteiger partial charge >= 0.3 is 0 Å². The number of hydrogen-bond acceptors (Lipinski definition) is 6. The summed E-state index contributed by atoms with van der Waals surface area (Å²) in [6, 6.07) is 3.25. The van der Waals surface area contributed by atoms with E-state index in [2.05, 4.69) is 20.5 Å². The second-order valence-corrected chi connectivity index (χ2v) is 4.11. The van der Waals surface area contributed by atoms with E-state index in [0.717, 1.165) is 0 Å². The summed E-state index contributed by atoms with van der Waals surface area (Å²) >= 11 is 0. The Morgan fingerprint density at radius 2 is 1.76 bits per heavy atom. The van der Waals surface area contributed by atoms with Crippen molar-refractivity contribution in [1.29, 1.82) is 0 Å². The van der Waals surface area contributed by atoms with E-state index in [0.29, 0.717) is 28.8 Å². The first-order chi connectivity index (χ1) is 10.1. The van der Waals surface area contributed by atoms with Crippen LogP contribution in [0.4, 0.5) is 5.69 Å². The molecule has 1 amide bonds. The Labute approximate surface area is 121 Å². The van der Waals surface area contributed by atoms with E-state index in [1.165, 1.54) is 21.3 Å². The lowest BCUT2D eigenvalue weighted by Crippen LogP contribution is -2.14. The van der Waals surface area contributed by atoms with Crippen molar-refractivity contribution in [2.45, 2.75) is 6.92 Å². The van der Waals surface area contributed by atoms with Gasteiger partial charge in [0.25, 0.3) is 5.91 Å². The molecule has 0 aliphatic rings. The fraction of sp³-hybridized carbons (Fsp3) is 0.308. The lowest BCUT2D eigenvalue weighted by molar-refractivity contribution is 0.101. The average molecular weight is 292 g/mol. The van der Waals surface area contributed by atoms with Gasteiger partial charge in [-0.2, -0.15) is 0 Å². The van der Waals surface area contributed by atoms with Gasteiger partial charge in [-0.25, -0.2) is 4.98 Å². The maximum Gasteiger partial charge on any atom is 0.295 e. The summed E-state index contributed by atoms with van der Waals surface area (Å²) in [5.41, 5.74) is 0.483. The number of ether oxygens (including phenoxy) is 3. The predicted molar refractivity (Wildman–Crippen MR) is 75.2 cm³/mol. The van der Waals surface area contributed by atoms with Gasteiger partial charge in [-0.3, -0.25) is 9.89 Å². The van der Waals surface area contributed by atoms with E-state index in [4.69, 9.17) is 14.2 Å². The fourth-order valence-electron chi connectivity index (χ4n) is 1.78. The largest absolute Gasteiger partial charge is 0.493 e. The molecule has 0 radical (unpaired) electrons. The van der Waals surface area contributed by atoms with E-state index in [-0.39, 0.29) is 5.82 Å². The monoisotopic (exact) mass is 292 g/mol. The molecule has 0 aliphatic heterocycles. The molecule has 112 valence electrons. The van der Waals surface area contributed by atoms with Crippen LogP contribution in [0.1, 0.15) is 16.4 Å². The van der Waals surface area contributed by atoms with E-state index >= 15 is 0 Å². The third-order valence-corrected chi connectivity index (χ3v) is 2.72. The molecule has 1 aromatic heterocycles. The maximum absolute atomic E-state index is 12.0. The zero-order chi connectivity index (χ0) is 15.4. The van der Waals surface area contributed by atoms with Gasteiger partial charge in [0.1, 0.15) is 5.82 Å². The first-order valence-electron chi connectivity index (χ1n) is 6.09. The Balaban J connectivity index is 2.29. The van der Waals surface area contributed by atoms with Crippen LogP contribution >= 0.6 is 0 Å². The smallest absolute Gasteiger partial charge is 0.295 e. The quantitative estimate of drug-likeness (QED) is 0.864. The molecule has 1 aromatic carbocycles. The van der Waals surface area contributed by atoms with Crippen molar-refractivity contribution < 1.29 is 19.0 Å². The number of nitrogens with zero attached hydrogens (tertiary/aromatic N) is 2. The highest BCUT2D eigenvalue weighted by Crippen LogP contribution is 2.39. The number of carbonyl (C=O) groups excluding carboxylic acids is 1. The first-order valence-corrected chi connectivity index (χ1v) is 6.09.